The van der Waals surface area contributed by atoms with Crippen LogP contribution in [0.5, 0.6) is 0 Å². The van der Waals surface area contributed by atoms with Gasteiger partial charge in [-0.2, -0.15) is 0 Å². The van der Waals surface area contributed by atoms with Crippen molar-refractivity contribution >= 4 is 15.9 Å². The van der Waals surface area contributed by atoms with Crippen molar-refractivity contribution in [3.05, 3.63) is 29.8 Å². The molecular weight excluding hydrogens is 328 g/mol. The maximum absolute atomic E-state index is 12.3. The molecule has 0 aliphatic heterocycles. The molecule has 0 fully saturated rings. The summed E-state index contributed by atoms with van der Waals surface area (Å²) in [5, 5.41) is 0. The number of sulfonamides is 1. The molecule has 0 saturated heterocycles. The second-order valence-corrected chi connectivity index (χ2v) is 8.44. The molecule has 7 heteroatoms. The third-order valence-electron chi connectivity index (χ3n) is 3.72. The van der Waals surface area contributed by atoms with Crippen LogP contribution in [-0.2, 0) is 25.0 Å². The molecule has 0 heterocycles. The minimum atomic E-state index is -3.58. The Labute approximate surface area is 145 Å². The van der Waals surface area contributed by atoms with E-state index in [9.17, 15) is 13.2 Å². The number of carbonyl (C=O) groups is 1. The van der Waals surface area contributed by atoms with Crippen LogP contribution in [-0.4, -0.2) is 52.6 Å². The summed E-state index contributed by atoms with van der Waals surface area (Å²) in [6, 6.07) is 6.87. The first-order valence-corrected chi connectivity index (χ1v) is 9.41. The number of carbonyl (C=O) groups excluding carboxylic acids is 1. The predicted octanol–water partition coefficient (Wildman–Crippen LogP) is 1.76. The van der Waals surface area contributed by atoms with Gasteiger partial charge in [-0.05, 0) is 23.1 Å². The summed E-state index contributed by atoms with van der Waals surface area (Å²) in [5.74, 6) is -0.110. The Balaban J connectivity index is 2.68. The number of hydrogen-bond donors (Lipinski definition) is 1. The molecule has 0 aliphatic rings. The van der Waals surface area contributed by atoms with Gasteiger partial charge in [0.15, 0.2) is 0 Å². The predicted molar refractivity (Wildman–Crippen MR) is 94.5 cm³/mol. The van der Waals surface area contributed by atoms with Gasteiger partial charge in [0.25, 0.3) is 0 Å². The first-order valence-electron chi connectivity index (χ1n) is 7.92. The Hall–Kier alpha value is -1.44. The number of hydrogen-bond acceptors (Lipinski definition) is 4. The minimum absolute atomic E-state index is 0.0287. The van der Waals surface area contributed by atoms with Gasteiger partial charge in [0.05, 0.1) is 11.5 Å². The number of benzene rings is 1. The first-order chi connectivity index (χ1) is 11.1. The van der Waals surface area contributed by atoms with Crippen LogP contribution < -0.4 is 4.72 Å². The lowest BCUT2D eigenvalue weighted by molar-refractivity contribution is -0.129. The fraction of sp³-hybridized carbons (Fsp3) is 0.588. The maximum Gasteiger partial charge on any atom is 0.240 e. The van der Waals surface area contributed by atoms with Crippen LogP contribution in [0, 0.1) is 0 Å². The molecule has 0 atom stereocenters. The number of nitrogens with one attached hydrogen (secondary N) is 1. The molecule has 1 rings (SSSR count). The molecule has 0 saturated carbocycles. The van der Waals surface area contributed by atoms with Gasteiger partial charge in [0.2, 0.25) is 15.9 Å². The normalized spacial score (nSPS) is 12.2. The number of ether oxygens (including phenoxy) is 1. The van der Waals surface area contributed by atoms with Gasteiger partial charge in [-0.25, -0.2) is 13.1 Å². The molecule has 1 aromatic carbocycles. The van der Waals surface area contributed by atoms with Crippen molar-refractivity contribution in [1.29, 1.82) is 0 Å². The quantitative estimate of drug-likeness (QED) is 0.770. The minimum Gasteiger partial charge on any atom is -0.383 e. The second-order valence-electron chi connectivity index (χ2n) is 6.67. The highest BCUT2D eigenvalue weighted by atomic mass is 32.2. The average molecular weight is 356 g/mol. The van der Waals surface area contributed by atoms with Crippen molar-refractivity contribution in [1.82, 2.24) is 9.62 Å². The van der Waals surface area contributed by atoms with Crippen LogP contribution in [0.15, 0.2) is 29.2 Å². The van der Waals surface area contributed by atoms with Crippen LogP contribution in [0.2, 0.25) is 0 Å². The van der Waals surface area contributed by atoms with Crippen molar-refractivity contribution in [3.63, 3.8) is 0 Å². The summed E-state index contributed by atoms with van der Waals surface area (Å²) in [7, 11) is -2.03. The van der Waals surface area contributed by atoms with E-state index >= 15 is 0 Å². The van der Waals surface area contributed by atoms with Gasteiger partial charge in [0.1, 0.15) is 0 Å². The SMILES string of the molecule is COCCN(CCNS(=O)(=O)c1ccc(C(C)(C)C)cc1)C(C)=O. The van der Waals surface area contributed by atoms with E-state index in [1.165, 1.54) is 6.92 Å². The molecule has 24 heavy (non-hydrogen) atoms. The van der Waals surface area contributed by atoms with Gasteiger partial charge in [-0.3, -0.25) is 4.79 Å². The number of rotatable bonds is 8. The van der Waals surface area contributed by atoms with Gasteiger partial charge < -0.3 is 9.64 Å². The Morgan fingerprint density at radius 1 is 1.17 bits per heavy atom. The van der Waals surface area contributed by atoms with E-state index in [4.69, 9.17) is 4.74 Å². The summed E-state index contributed by atoms with van der Waals surface area (Å²) < 4.78 is 32.1. The van der Waals surface area contributed by atoms with Crippen LogP contribution in [0.1, 0.15) is 33.3 Å². The summed E-state index contributed by atoms with van der Waals surface area (Å²) in [6.07, 6.45) is 0. The zero-order valence-electron chi connectivity index (χ0n) is 15.1. The molecule has 0 bridgehead atoms. The first kappa shape index (κ1) is 20.6. The van der Waals surface area contributed by atoms with Crippen molar-refractivity contribution in [2.45, 2.75) is 38.0 Å². The van der Waals surface area contributed by atoms with E-state index in [1.54, 1.807) is 24.1 Å². The standard InChI is InChI=1S/C17H28N2O4S/c1-14(20)19(12-13-23-5)11-10-18-24(21,22)16-8-6-15(7-9-16)17(2,3)4/h6-9,18H,10-13H2,1-5H3. The molecule has 136 valence electrons. The Morgan fingerprint density at radius 3 is 2.21 bits per heavy atom. The van der Waals surface area contributed by atoms with Crippen LogP contribution >= 0.6 is 0 Å². The zero-order valence-corrected chi connectivity index (χ0v) is 15.9. The smallest absolute Gasteiger partial charge is 0.240 e. The largest absolute Gasteiger partial charge is 0.383 e. The Kier molecular flexibility index (Phi) is 7.38. The number of amides is 1. The summed E-state index contributed by atoms with van der Waals surface area (Å²) >= 11 is 0. The van der Waals surface area contributed by atoms with E-state index in [0.717, 1.165) is 5.56 Å². The molecular formula is C17H28N2O4S. The third-order valence-corrected chi connectivity index (χ3v) is 5.19. The highest BCUT2D eigenvalue weighted by Gasteiger charge is 2.18. The molecule has 1 aromatic rings. The molecule has 0 aliphatic carbocycles. The number of methoxy groups -OCH3 is 1. The van der Waals surface area contributed by atoms with Crippen molar-refractivity contribution < 1.29 is 17.9 Å². The van der Waals surface area contributed by atoms with E-state index in [1.807, 2.05) is 12.1 Å². The van der Waals surface area contributed by atoms with Gasteiger partial charge in [0, 0.05) is 33.7 Å². The van der Waals surface area contributed by atoms with E-state index < -0.39 is 10.0 Å². The van der Waals surface area contributed by atoms with Crippen LogP contribution in [0.25, 0.3) is 0 Å². The third kappa shape index (κ3) is 6.22. The lowest BCUT2D eigenvalue weighted by Gasteiger charge is -2.21. The Morgan fingerprint density at radius 2 is 1.75 bits per heavy atom. The molecule has 0 aromatic heterocycles. The molecule has 0 spiro atoms. The number of nitrogens with zero attached hydrogens (tertiary/aromatic N) is 1. The van der Waals surface area contributed by atoms with Gasteiger partial charge in [-0.15, -0.1) is 0 Å². The lowest BCUT2D eigenvalue weighted by Crippen LogP contribution is -2.39. The van der Waals surface area contributed by atoms with Crippen LogP contribution in [0.4, 0.5) is 0 Å². The van der Waals surface area contributed by atoms with E-state index in [-0.39, 0.29) is 22.8 Å². The van der Waals surface area contributed by atoms with Gasteiger partial charge >= 0.3 is 0 Å². The second kappa shape index (κ2) is 8.60. The monoisotopic (exact) mass is 356 g/mol. The molecule has 1 N–H and O–H groups in total. The highest BCUT2D eigenvalue weighted by molar-refractivity contribution is 7.89. The summed E-state index contributed by atoms with van der Waals surface area (Å²) in [4.78, 5) is 13.3. The van der Waals surface area contributed by atoms with Crippen molar-refractivity contribution in [2.75, 3.05) is 33.4 Å². The van der Waals surface area contributed by atoms with E-state index in [2.05, 4.69) is 25.5 Å². The molecule has 6 nitrogen and oxygen atoms in total. The lowest BCUT2D eigenvalue weighted by atomic mass is 9.87. The highest BCUT2D eigenvalue weighted by Crippen LogP contribution is 2.23. The maximum atomic E-state index is 12.3. The van der Waals surface area contributed by atoms with Crippen molar-refractivity contribution in [3.8, 4) is 0 Å². The molecule has 0 radical (unpaired) electrons. The van der Waals surface area contributed by atoms with E-state index in [0.29, 0.717) is 19.7 Å². The fourth-order valence-corrected chi connectivity index (χ4v) is 3.18. The molecule has 1 amide bonds. The van der Waals surface area contributed by atoms with Gasteiger partial charge in [-0.1, -0.05) is 32.9 Å². The molecule has 0 unspecified atom stereocenters. The fourth-order valence-electron chi connectivity index (χ4n) is 2.16. The zero-order chi connectivity index (χ0) is 18.4. The summed E-state index contributed by atoms with van der Waals surface area (Å²) in [6.45, 7) is 9.00. The summed E-state index contributed by atoms with van der Waals surface area (Å²) in [5.41, 5.74) is 1.04. The van der Waals surface area contributed by atoms with Crippen molar-refractivity contribution in [2.24, 2.45) is 0 Å². The topological polar surface area (TPSA) is 75.7 Å². The Bertz CT molecular complexity index is 634. The van der Waals surface area contributed by atoms with Crippen LogP contribution in [0.3, 0.4) is 0 Å². The average Bonchev–Trinajstić information content (AvgIpc) is 2.49.